The first-order valence-electron chi connectivity index (χ1n) is 10.8. The third-order valence-corrected chi connectivity index (χ3v) is 5.24. The van der Waals surface area contributed by atoms with E-state index in [1.165, 1.54) is 0 Å². The summed E-state index contributed by atoms with van der Waals surface area (Å²) in [5.74, 6) is 0.573. The predicted molar refractivity (Wildman–Crippen MR) is 135 cm³/mol. The fourth-order valence-corrected chi connectivity index (χ4v) is 3.57. The maximum Gasteiger partial charge on any atom is 0.124 e. The molecule has 4 aromatic rings. The number of anilines is 2. The second-order valence-electron chi connectivity index (χ2n) is 7.61. The van der Waals surface area contributed by atoms with E-state index in [0.717, 1.165) is 46.9 Å². The lowest BCUT2D eigenvalue weighted by molar-refractivity contribution is 0.292. The molecule has 0 bridgehead atoms. The van der Waals surface area contributed by atoms with Gasteiger partial charge in [0.15, 0.2) is 0 Å². The van der Waals surface area contributed by atoms with Crippen molar-refractivity contribution < 1.29 is 5.11 Å². The number of nitrogen functional groups attached to an aromatic ring is 1. The largest absolute Gasteiger partial charge is 0.395 e. The third-order valence-electron chi connectivity index (χ3n) is 5.01. The fraction of sp³-hybridized carbons (Fsp3) is 0.280. The van der Waals surface area contributed by atoms with Gasteiger partial charge >= 0.3 is 0 Å². The zero-order valence-electron chi connectivity index (χ0n) is 18.3. The van der Waals surface area contributed by atoms with Crippen LogP contribution in [0, 0.1) is 0 Å². The van der Waals surface area contributed by atoms with E-state index >= 15 is 0 Å². The highest BCUT2D eigenvalue weighted by molar-refractivity contribution is 6.31. The Hall–Kier alpha value is -2.93. The van der Waals surface area contributed by atoms with Crippen molar-refractivity contribution in [3.05, 3.63) is 71.9 Å². The summed E-state index contributed by atoms with van der Waals surface area (Å²) >= 11 is 6.00. The molecule has 2 heterocycles. The summed E-state index contributed by atoms with van der Waals surface area (Å²) < 4.78 is 0. The number of benzene rings is 2. The molecule has 1 atom stereocenters. The molecule has 4 rings (SSSR count). The van der Waals surface area contributed by atoms with E-state index in [-0.39, 0.29) is 6.61 Å². The minimum Gasteiger partial charge on any atom is -0.395 e. The van der Waals surface area contributed by atoms with Crippen molar-refractivity contribution >= 4 is 44.9 Å². The molecule has 0 saturated carbocycles. The molecule has 32 heavy (non-hydrogen) atoms. The number of aliphatic hydroxyl groups excluding tert-OH is 1. The Labute approximate surface area is 193 Å². The van der Waals surface area contributed by atoms with E-state index in [4.69, 9.17) is 22.4 Å². The van der Waals surface area contributed by atoms with E-state index in [1.54, 1.807) is 6.20 Å². The molecule has 6 nitrogen and oxygen atoms in total. The quantitative estimate of drug-likeness (QED) is 0.285. The first-order chi connectivity index (χ1) is 15.6. The van der Waals surface area contributed by atoms with Gasteiger partial charge < -0.3 is 21.5 Å². The standard InChI is InChI=1S/C16H22ClN3O.C9H8N2/c1-12(3-2-7-18-9-10-21)20-15-6-8-19-16-11-13(17)4-5-14(15)16;10-9-6-5-7-3-1-2-4-8(7)11-9/h4-6,8,11-12,18,21H,2-3,7,9-10H2,1H3,(H,19,20);1-6H,(H2,10,11). The lowest BCUT2D eigenvalue weighted by Gasteiger charge is -2.17. The molecule has 0 aliphatic carbocycles. The van der Waals surface area contributed by atoms with Gasteiger partial charge in [0.1, 0.15) is 5.82 Å². The molecule has 0 fully saturated rings. The normalized spacial score (nSPS) is 11.7. The zero-order valence-corrected chi connectivity index (χ0v) is 19.0. The molecule has 0 aliphatic heterocycles. The van der Waals surface area contributed by atoms with Crippen LogP contribution in [0.2, 0.25) is 5.02 Å². The van der Waals surface area contributed by atoms with Gasteiger partial charge in [0.05, 0.1) is 17.6 Å². The second kappa shape index (κ2) is 12.2. The van der Waals surface area contributed by atoms with Crippen LogP contribution in [0.3, 0.4) is 0 Å². The van der Waals surface area contributed by atoms with Gasteiger partial charge in [-0.3, -0.25) is 4.98 Å². The number of aliphatic hydroxyl groups is 1. The SMILES string of the molecule is CC(CCCNCCO)Nc1ccnc2cc(Cl)ccc12.Nc1ccc2ccccc2n1. The summed E-state index contributed by atoms with van der Waals surface area (Å²) in [5.41, 5.74) is 8.46. The second-order valence-corrected chi connectivity index (χ2v) is 8.05. The van der Waals surface area contributed by atoms with Crippen molar-refractivity contribution in [1.29, 1.82) is 0 Å². The van der Waals surface area contributed by atoms with Crippen LogP contribution in [0.15, 0.2) is 66.9 Å². The van der Waals surface area contributed by atoms with Crippen molar-refractivity contribution in [2.24, 2.45) is 0 Å². The van der Waals surface area contributed by atoms with Gasteiger partial charge in [0.25, 0.3) is 0 Å². The summed E-state index contributed by atoms with van der Waals surface area (Å²) in [7, 11) is 0. The number of nitrogens with one attached hydrogen (secondary N) is 2. The molecule has 0 amide bonds. The maximum atomic E-state index is 8.70. The molecule has 1 unspecified atom stereocenters. The molecule has 5 N–H and O–H groups in total. The van der Waals surface area contributed by atoms with E-state index < -0.39 is 0 Å². The highest BCUT2D eigenvalue weighted by atomic mass is 35.5. The number of rotatable bonds is 8. The molecule has 2 aromatic carbocycles. The Morgan fingerprint density at radius 3 is 2.72 bits per heavy atom. The van der Waals surface area contributed by atoms with Crippen LogP contribution in [0.4, 0.5) is 11.5 Å². The van der Waals surface area contributed by atoms with Gasteiger partial charge in [-0.1, -0.05) is 29.8 Å². The van der Waals surface area contributed by atoms with Crippen LogP contribution in [0.25, 0.3) is 21.8 Å². The van der Waals surface area contributed by atoms with Crippen molar-refractivity contribution in [2.75, 3.05) is 30.7 Å². The first kappa shape index (κ1) is 23.7. The van der Waals surface area contributed by atoms with Gasteiger partial charge in [0.2, 0.25) is 0 Å². The Morgan fingerprint density at radius 2 is 1.88 bits per heavy atom. The molecular formula is C25H30ClN5O. The maximum absolute atomic E-state index is 8.70. The van der Waals surface area contributed by atoms with Crippen LogP contribution < -0.4 is 16.4 Å². The summed E-state index contributed by atoms with van der Waals surface area (Å²) in [6.07, 6.45) is 3.94. The molecule has 0 aliphatic rings. The van der Waals surface area contributed by atoms with Crippen LogP contribution in [0.5, 0.6) is 0 Å². The molecule has 2 aromatic heterocycles. The average Bonchev–Trinajstić information content (AvgIpc) is 2.79. The minimum atomic E-state index is 0.194. The number of nitrogens with zero attached hydrogens (tertiary/aromatic N) is 2. The smallest absolute Gasteiger partial charge is 0.124 e. The Bertz CT molecular complexity index is 1140. The molecule has 168 valence electrons. The number of para-hydroxylation sites is 1. The average molecular weight is 452 g/mol. The van der Waals surface area contributed by atoms with Gasteiger partial charge in [-0.25, -0.2) is 4.98 Å². The Kier molecular flexibility index (Phi) is 9.04. The Balaban J connectivity index is 0.000000219. The van der Waals surface area contributed by atoms with E-state index in [9.17, 15) is 0 Å². The fourth-order valence-electron chi connectivity index (χ4n) is 3.40. The van der Waals surface area contributed by atoms with Gasteiger partial charge in [-0.05, 0) is 68.8 Å². The summed E-state index contributed by atoms with van der Waals surface area (Å²) in [6, 6.07) is 19.8. The van der Waals surface area contributed by atoms with Crippen LogP contribution in [-0.4, -0.2) is 40.8 Å². The van der Waals surface area contributed by atoms with Crippen LogP contribution >= 0.6 is 11.6 Å². The van der Waals surface area contributed by atoms with Crippen LogP contribution in [-0.2, 0) is 0 Å². The minimum absolute atomic E-state index is 0.194. The molecular weight excluding hydrogens is 422 g/mol. The number of nitrogens with two attached hydrogens (primary N) is 1. The van der Waals surface area contributed by atoms with E-state index in [1.807, 2.05) is 60.7 Å². The highest BCUT2D eigenvalue weighted by Gasteiger charge is 2.06. The molecule has 0 saturated heterocycles. The molecule has 7 heteroatoms. The first-order valence-corrected chi connectivity index (χ1v) is 11.2. The van der Waals surface area contributed by atoms with Crippen molar-refractivity contribution in [2.45, 2.75) is 25.8 Å². The molecule has 0 spiro atoms. The number of hydrogen-bond donors (Lipinski definition) is 4. The predicted octanol–water partition coefficient (Wildman–Crippen LogP) is 4.87. The van der Waals surface area contributed by atoms with E-state index in [2.05, 4.69) is 27.5 Å². The monoisotopic (exact) mass is 451 g/mol. The Morgan fingerprint density at radius 1 is 1.03 bits per heavy atom. The van der Waals surface area contributed by atoms with Crippen LogP contribution in [0.1, 0.15) is 19.8 Å². The zero-order chi connectivity index (χ0) is 22.8. The number of hydrogen-bond acceptors (Lipinski definition) is 6. The number of pyridine rings is 2. The van der Waals surface area contributed by atoms with Crippen molar-refractivity contribution in [3.63, 3.8) is 0 Å². The lowest BCUT2D eigenvalue weighted by atomic mass is 10.1. The van der Waals surface area contributed by atoms with Gasteiger partial charge in [-0.15, -0.1) is 0 Å². The summed E-state index contributed by atoms with van der Waals surface area (Å²) in [5, 5.41) is 18.3. The van der Waals surface area contributed by atoms with Crippen molar-refractivity contribution in [3.8, 4) is 0 Å². The van der Waals surface area contributed by atoms with Gasteiger partial charge in [0, 0.05) is 40.3 Å². The number of fused-ring (bicyclic) bond motifs is 2. The van der Waals surface area contributed by atoms with Gasteiger partial charge in [-0.2, -0.15) is 0 Å². The van der Waals surface area contributed by atoms with Crippen molar-refractivity contribution in [1.82, 2.24) is 15.3 Å². The lowest BCUT2D eigenvalue weighted by Crippen LogP contribution is -2.22. The third kappa shape index (κ3) is 7.05. The molecule has 0 radical (unpaired) electrons. The number of aromatic nitrogens is 2. The highest BCUT2D eigenvalue weighted by Crippen LogP contribution is 2.25. The number of halogens is 1. The summed E-state index contributed by atoms with van der Waals surface area (Å²) in [4.78, 5) is 8.50. The topological polar surface area (TPSA) is 96.1 Å². The van der Waals surface area contributed by atoms with E-state index in [0.29, 0.717) is 23.4 Å². The summed E-state index contributed by atoms with van der Waals surface area (Å²) in [6.45, 7) is 3.96.